The van der Waals surface area contributed by atoms with Crippen LogP contribution in [-0.2, 0) is 14.3 Å². The van der Waals surface area contributed by atoms with Crippen LogP contribution < -0.4 is 5.32 Å². The van der Waals surface area contributed by atoms with Crippen molar-refractivity contribution in [3.8, 4) is 0 Å². The minimum Gasteiger partial charge on any atom is -0.454 e. The molecule has 1 saturated heterocycles. The van der Waals surface area contributed by atoms with Crippen molar-refractivity contribution in [2.24, 2.45) is 0 Å². The molecule has 1 aromatic rings. The number of nitrogens with zero attached hydrogens (tertiary/aromatic N) is 1. The number of ether oxygens (including phenoxy) is 1. The number of benzene rings is 1. The van der Waals surface area contributed by atoms with Crippen molar-refractivity contribution in [3.63, 3.8) is 0 Å². The number of esters is 1. The molecule has 1 aromatic carbocycles. The van der Waals surface area contributed by atoms with E-state index in [0.29, 0.717) is 18.1 Å². The molecule has 6 nitrogen and oxygen atoms in total. The van der Waals surface area contributed by atoms with Gasteiger partial charge in [0, 0.05) is 13.1 Å². The molecule has 1 atom stereocenters. The van der Waals surface area contributed by atoms with E-state index in [-0.39, 0.29) is 18.1 Å². The van der Waals surface area contributed by atoms with E-state index in [1.807, 2.05) is 0 Å². The van der Waals surface area contributed by atoms with Gasteiger partial charge in [0.1, 0.15) is 6.04 Å². The maximum atomic E-state index is 12.1. The van der Waals surface area contributed by atoms with E-state index in [9.17, 15) is 14.4 Å². The first-order valence-electron chi connectivity index (χ1n) is 8.49. The lowest BCUT2D eigenvalue weighted by Gasteiger charge is -2.20. The second-order valence-corrected chi connectivity index (χ2v) is 6.48. The molecule has 0 bridgehead atoms. The summed E-state index contributed by atoms with van der Waals surface area (Å²) in [6.45, 7) is 2.61. The second kappa shape index (κ2) is 9.42. The lowest BCUT2D eigenvalue weighted by molar-refractivity contribution is -0.153. The molecule has 2 amide bonds. The van der Waals surface area contributed by atoms with Gasteiger partial charge >= 0.3 is 5.97 Å². The minimum absolute atomic E-state index is 0.195. The Bertz CT molecular complexity index is 627. The van der Waals surface area contributed by atoms with Gasteiger partial charge in [-0.15, -0.1) is 0 Å². The Morgan fingerprint density at radius 2 is 1.80 bits per heavy atom. The van der Waals surface area contributed by atoms with Crippen LogP contribution in [0.2, 0.25) is 5.02 Å². The van der Waals surface area contributed by atoms with Gasteiger partial charge in [-0.2, -0.15) is 0 Å². The third kappa shape index (κ3) is 5.74. The first-order valence-corrected chi connectivity index (χ1v) is 8.86. The van der Waals surface area contributed by atoms with Gasteiger partial charge in [0.05, 0.1) is 10.6 Å². The molecule has 7 heteroatoms. The van der Waals surface area contributed by atoms with Crippen molar-refractivity contribution in [1.82, 2.24) is 10.2 Å². The number of carbonyl (C=O) groups is 3. The summed E-state index contributed by atoms with van der Waals surface area (Å²) in [6.07, 6.45) is 4.19. The Morgan fingerprint density at radius 1 is 1.16 bits per heavy atom. The van der Waals surface area contributed by atoms with Gasteiger partial charge in [-0.1, -0.05) is 36.6 Å². The predicted molar refractivity (Wildman–Crippen MR) is 94.4 cm³/mol. The number of likely N-dealkylation sites (tertiary alicyclic amines) is 1. The fourth-order valence-electron chi connectivity index (χ4n) is 2.65. The first kappa shape index (κ1) is 19.2. The minimum atomic E-state index is -0.874. The second-order valence-electron chi connectivity index (χ2n) is 6.08. The smallest absolute Gasteiger partial charge is 0.328 e. The molecule has 1 aliphatic heterocycles. The molecule has 25 heavy (non-hydrogen) atoms. The number of hydrogen-bond donors (Lipinski definition) is 1. The van der Waals surface area contributed by atoms with Gasteiger partial charge in [0.25, 0.3) is 11.8 Å². The number of amides is 2. The van der Waals surface area contributed by atoms with E-state index < -0.39 is 17.9 Å². The fraction of sp³-hybridized carbons (Fsp3) is 0.500. The van der Waals surface area contributed by atoms with E-state index in [4.69, 9.17) is 16.3 Å². The standard InChI is InChI=1S/C18H23ClN2O4/c1-13(20-17(23)14-8-4-5-9-15(14)19)18(24)25-12-16(22)21-10-6-2-3-7-11-21/h4-5,8-9,13H,2-3,6-7,10-12H2,1H3,(H,20,23)/t13-/m0/s1. The summed E-state index contributed by atoms with van der Waals surface area (Å²) in [5.74, 6) is -1.31. The maximum absolute atomic E-state index is 12.1. The summed E-state index contributed by atoms with van der Waals surface area (Å²) in [6, 6.07) is 5.69. The van der Waals surface area contributed by atoms with Crippen LogP contribution in [0.4, 0.5) is 0 Å². The summed E-state index contributed by atoms with van der Waals surface area (Å²) in [5, 5.41) is 2.83. The van der Waals surface area contributed by atoms with Crippen molar-refractivity contribution in [1.29, 1.82) is 0 Å². The van der Waals surface area contributed by atoms with Crippen molar-refractivity contribution >= 4 is 29.4 Å². The zero-order valence-electron chi connectivity index (χ0n) is 14.3. The molecule has 1 fully saturated rings. The summed E-state index contributed by atoms with van der Waals surface area (Å²) < 4.78 is 5.05. The highest BCUT2D eigenvalue weighted by molar-refractivity contribution is 6.33. The Labute approximate surface area is 152 Å². The molecule has 1 N–H and O–H groups in total. The average molecular weight is 367 g/mol. The van der Waals surface area contributed by atoms with Crippen molar-refractivity contribution in [2.45, 2.75) is 38.6 Å². The molecule has 0 radical (unpaired) electrons. The number of nitrogens with one attached hydrogen (secondary N) is 1. The Kier molecular flexibility index (Phi) is 7.25. The van der Waals surface area contributed by atoms with Crippen LogP contribution in [0.1, 0.15) is 43.0 Å². The van der Waals surface area contributed by atoms with E-state index in [1.54, 1.807) is 29.2 Å². The lowest BCUT2D eigenvalue weighted by Crippen LogP contribution is -2.41. The molecule has 1 heterocycles. The quantitative estimate of drug-likeness (QED) is 0.812. The molecule has 136 valence electrons. The van der Waals surface area contributed by atoms with Crippen molar-refractivity contribution < 1.29 is 19.1 Å². The van der Waals surface area contributed by atoms with Gasteiger partial charge in [-0.3, -0.25) is 9.59 Å². The van der Waals surface area contributed by atoms with Crippen LogP contribution in [0.5, 0.6) is 0 Å². The summed E-state index contributed by atoms with van der Waals surface area (Å²) in [7, 11) is 0. The van der Waals surface area contributed by atoms with Crippen LogP contribution in [0.3, 0.4) is 0 Å². The van der Waals surface area contributed by atoms with Crippen LogP contribution in [0, 0.1) is 0 Å². The molecular weight excluding hydrogens is 344 g/mol. The van der Waals surface area contributed by atoms with E-state index in [2.05, 4.69) is 5.32 Å². The summed E-state index contributed by atoms with van der Waals surface area (Å²) in [5.41, 5.74) is 0.282. The monoisotopic (exact) mass is 366 g/mol. The molecule has 0 spiro atoms. The first-order chi connectivity index (χ1) is 12.0. The highest BCUT2D eigenvalue weighted by Gasteiger charge is 2.22. The van der Waals surface area contributed by atoms with Gasteiger partial charge in [-0.05, 0) is 31.9 Å². The SMILES string of the molecule is C[C@H](NC(=O)c1ccccc1Cl)C(=O)OCC(=O)N1CCCCCC1. The summed E-state index contributed by atoms with van der Waals surface area (Å²) in [4.78, 5) is 38.0. The Hall–Kier alpha value is -2.08. The molecule has 2 rings (SSSR count). The summed E-state index contributed by atoms with van der Waals surface area (Å²) >= 11 is 5.96. The zero-order chi connectivity index (χ0) is 18.2. The van der Waals surface area contributed by atoms with Crippen LogP contribution >= 0.6 is 11.6 Å². The van der Waals surface area contributed by atoms with Crippen molar-refractivity contribution in [2.75, 3.05) is 19.7 Å². The van der Waals surface area contributed by atoms with E-state index >= 15 is 0 Å². The fourth-order valence-corrected chi connectivity index (χ4v) is 2.87. The van der Waals surface area contributed by atoms with Gasteiger partial charge in [-0.25, -0.2) is 4.79 Å². The van der Waals surface area contributed by atoms with Gasteiger partial charge in [0.15, 0.2) is 6.61 Å². The molecule has 0 aromatic heterocycles. The number of halogens is 1. The topological polar surface area (TPSA) is 75.7 Å². The third-order valence-electron chi connectivity index (χ3n) is 4.12. The predicted octanol–water partition coefficient (Wildman–Crippen LogP) is 2.40. The largest absolute Gasteiger partial charge is 0.454 e. The van der Waals surface area contributed by atoms with Crippen molar-refractivity contribution in [3.05, 3.63) is 34.9 Å². The molecular formula is C18H23ClN2O4. The van der Waals surface area contributed by atoms with Crippen LogP contribution in [0.15, 0.2) is 24.3 Å². The Balaban J connectivity index is 1.80. The van der Waals surface area contributed by atoms with E-state index in [1.165, 1.54) is 6.92 Å². The third-order valence-corrected chi connectivity index (χ3v) is 4.45. The normalized spacial score (nSPS) is 15.8. The Morgan fingerprint density at radius 3 is 2.44 bits per heavy atom. The maximum Gasteiger partial charge on any atom is 0.328 e. The van der Waals surface area contributed by atoms with E-state index in [0.717, 1.165) is 25.7 Å². The molecule has 1 aliphatic rings. The van der Waals surface area contributed by atoms with Crippen LogP contribution in [0.25, 0.3) is 0 Å². The highest BCUT2D eigenvalue weighted by atomic mass is 35.5. The highest BCUT2D eigenvalue weighted by Crippen LogP contribution is 2.15. The molecule has 0 unspecified atom stereocenters. The number of rotatable bonds is 5. The van der Waals surface area contributed by atoms with Gasteiger partial charge < -0.3 is 15.0 Å². The zero-order valence-corrected chi connectivity index (χ0v) is 15.1. The molecule has 0 saturated carbocycles. The molecule has 0 aliphatic carbocycles. The average Bonchev–Trinajstić information content (AvgIpc) is 2.89. The van der Waals surface area contributed by atoms with Gasteiger partial charge in [0.2, 0.25) is 0 Å². The van der Waals surface area contributed by atoms with Crippen LogP contribution in [-0.4, -0.2) is 48.4 Å². The number of carbonyl (C=O) groups excluding carboxylic acids is 3. The lowest BCUT2D eigenvalue weighted by atomic mass is 10.2. The number of hydrogen-bond acceptors (Lipinski definition) is 4.